The van der Waals surface area contributed by atoms with Crippen molar-refractivity contribution in [2.45, 2.75) is 52.5 Å². The molecule has 1 unspecified atom stereocenters. The van der Waals surface area contributed by atoms with Crippen LogP contribution in [0.3, 0.4) is 0 Å². The van der Waals surface area contributed by atoms with Gasteiger partial charge in [0.05, 0.1) is 6.54 Å². The minimum absolute atomic E-state index is 0.180. The molecular formula is C15H31N3O. The lowest BCUT2D eigenvalue weighted by Gasteiger charge is -2.21. The third kappa shape index (κ3) is 8.22. The summed E-state index contributed by atoms with van der Waals surface area (Å²) in [4.78, 5) is 14.2. The van der Waals surface area contributed by atoms with Crippen LogP contribution >= 0.6 is 0 Å². The number of carbonyl (C=O) groups is 1. The van der Waals surface area contributed by atoms with Crippen LogP contribution in [0.2, 0.25) is 0 Å². The van der Waals surface area contributed by atoms with Gasteiger partial charge >= 0.3 is 0 Å². The van der Waals surface area contributed by atoms with Gasteiger partial charge in [-0.2, -0.15) is 0 Å². The lowest BCUT2D eigenvalue weighted by Crippen LogP contribution is -2.42. The largest absolute Gasteiger partial charge is 0.353 e. The van der Waals surface area contributed by atoms with E-state index in [2.05, 4.69) is 36.3 Å². The third-order valence-corrected chi connectivity index (χ3v) is 3.63. The monoisotopic (exact) mass is 269 g/mol. The molecule has 1 rings (SSSR count). The fourth-order valence-corrected chi connectivity index (χ4v) is 2.49. The minimum atomic E-state index is 0.180. The molecule has 1 amide bonds. The molecule has 19 heavy (non-hydrogen) atoms. The lowest BCUT2D eigenvalue weighted by molar-refractivity contribution is -0.122. The second-order valence-corrected chi connectivity index (χ2v) is 6.17. The van der Waals surface area contributed by atoms with Crippen LogP contribution in [0.1, 0.15) is 46.5 Å². The zero-order valence-corrected chi connectivity index (χ0v) is 12.9. The van der Waals surface area contributed by atoms with E-state index >= 15 is 0 Å². The maximum Gasteiger partial charge on any atom is 0.234 e. The Morgan fingerprint density at radius 2 is 2.00 bits per heavy atom. The topological polar surface area (TPSA) is 44.4 Å². The fourth-order valence-electron chi connectivity index (χ4n) is 2.49. The molecule has 0 spiro atoms. The summed E-state index contributed by atoms with van der Waals surface area (Å²) in [6.45, 7) is 11.2. The molecule has 1 saturated heterocycles. The first-order valence-electron chi connectivity index (χ1n) is 7.80. The van der Waals surface area contributed by atoms with Crippen molar-refractivity contribution in [3.63, 3.8) is 0 Å². The van der Waals surface area contributed by atoms with Crippen LogP contribution in [0.25, 0.3) is 0 Å². The van der Waals surface area contributed by atoms with E-state index in [0.717, 1.165) is 44.9 Å². The molecule has 1 aliphatic rings. The second kappa shape index (κ2) is 9.32. The number of nitrogens with zero attached hydrogens (tertiary/aromatic N) is 1. The van der Waals surface area contributed by atoms with Gasteiger partial charge in [0.25, 0.3) is 0 Å². The van der Waals surface area contributed by atoms with E-state index < -0.39 is 0 Å². The molecule has 112 valence electrons. The van der Waals surface area contributed by atoms with Gasteiger partial charge in [-0.3, -0.25) is 9.69 Å². The summed E-state index contributed by atoms with van der Waals surface area (Å²) in [5, 5.41) is 6.48. The number of nitrogens with one attached hydrogen (secondary N) is 2. The highest BCUT2D eigenvalue weighted by atomic mass is 16.2. The van der Waals surface area contributed by atoms with Gasteiger partial charge in [-0.05, 0) is 38.8 Å². The molecule has 0 bridgehead atoms. The Hall–Kier alpha value is -0.610. The van der Waals surface area contributed by atoms with Crippen LogP contribution in [-0.4, -0.2) is 49.6 Å². The molecule has 1 aliphatic heterocycles. The van der Waals surface area contributed by atoms with Crippen LogP contribution < -0.4 is 10.6 Å². The zero-order chi connectivity index (χ0) is 14.1. The molecule has 2 N–H and O–H groups in total. The van der Waals surface area contributed by atoms with Gasteiger partial charge in [-0.25, -0.2) is 0 Å². The summed E-state index contributed by atoms with van der Waals surface area (Å²) in [5.74, 6) is 0.937. The number of rotatable bonds is 7. The van der Waals surface area contributed by atoms with Crippen LogP contribution in [-0.2, 0) is 4.79 Å². The highest BCUT2D eigenvalue weighted by Crippen LogP contribution is 2.08. The standard InChI is InChI=1S/C15H31N3O/c1-13(2)6-4-7-14(3)17-15(19)12-18-10-5-8-16-9-11-18/h13-14,16H,4-12H2,1-3H3,(H,17,19). The summed E-state index contributed by atoms with van der Waals surface area (Å²) in [6.07, 6.45) is 4.67. The van der Waals surface area contributed by atoms with Gasteiger partial charge in [0.1, 0.15) is 0 Å². The Balaban J connectivity index is 2.14. The second-order valence-electron chi connectivity index (χ2n) is 6.17. The number of hydrogen-bond donors (Lipinski definition) is 2. The van der Waals surface area contributed by atoms with Crippen molar-refractivity contribution in [2.75, 3.05) is 32.7 Å². The Morgan fingerprint density at radius 3 is 2.74 bits per heavy atom. The molecule has 0 aliphatic carbocycles. The molecule has 0 aromatic heterocycles. The van der Waals surface area contributed by atoms with Crippen LogP contribution in [0, 0.1) is 5.92 Å². The average molecular weight is 269 g/mol. The Labute approximate surface area is 118 Å². The van der Waals surface area contributed by atoms with Gasteiger partial charge in [-0.15, -0.1) is 0 Å². The quantitative estimate of drug-likeness (QED) is 0.738. The van der Waals surface area contributed by atoms with Crippen LogP contribution in [0.5, 0.6) is 0 Å². The molecule has 4 heteroatoms. The first-order chi connectivity index (χ1) is 9.08. The molecule has 1 heterocycles. The molecule has 1 fully saturated rings. The molecule has 1 atom stereocenters. The predicted molar refractivity (Wildman–Crippen MR) is 80.2 cm³/mol. The van der Waals surface area contributed by atoms with E-state index in [1.807, 2.05) is 0 Å². The van der Waals surface area contributed by atoms with Gasteiger partial charge in [0.2, 0.25) is 5.91 Å². The Morgan fingerprint density at radius 1 is 1.21 bits per heavy atom. The van der Waals surface area contributed by atoms with E-state index in [-0.39, 0.29) is 5.91 Å². The maximum absolute atomic E-state index is 12.0. The first kappa shape index (κ1) is 16.4. The highest BCUT2D eigenvalue weighted by molar-refractivity contribution is 5.78. The predicted octanol–water partition coefficient (Wildman–Crippen LogP) is 1.61. The summed E-state index contributed by atoms with van der Waals surface area (Å²) < 4.78 is 0. The summed E-state index contributed by atoms with van der Waals surface area (Å²) in [5.41, 5.74) is 0. The average Bonchev–Trinajstić information content (AvgIpc) is 2.56. The molecule has 4 nitrogen and oxygen atoms in total. The summed E-state index contributed by atoms with van der Waals surface area (Å²) >= 11 is 0. The van der Waals surface area contributed by atoms with Crippen molar-refractivity contribution < 1.29 is 4.79 Å². The van der Waals surface area contributed by atoms with E-state index in [4.69, 9.17) is 0 Å². The van der Waals surface area contributed by atoms with Gasteiger partial charge in [0.15, 0.2) is 0 Å². The van der Waals surface area contributed by atoms with Crippen molar-refractivity contribution in [2.24, 2.45) is 5.92 Å². The molecule has 0 aromatic rings. The minimum Gasteiger partial charge on any atom is -0.353 e. The SMILES string of the molecule is CC(C)CCCC(C)NC(=O)CN1CCCNCC1. The Kier molecular flexibility index (Phi) is 8.07. The van der Waals surface area contributed by atoms with Gasteiger partial charge in [0, 0.05) is 19.1 Å². The van der Waals surface area contributed by atoms with Crippen LogP contribution in [0.15, 0.2) is 0 Å². The van der Waals surface area contributed by atoms with E-state index in [9.17, 15) is 4.79 Å². The van der Waals surface area contributed by atoms with Crippen molar-refractivity contribution in [3.8, 4) is 0 Å². The number of amides is 1. The molecular weight excluding hydrogens is 238 g/mol. The zero-order valence-electron chi connectivity index (χ0n) is 12.9. The van der Waals surface area contributed by atoms with Crippen molar-refractivity contribution in [1.82, 2.24) is 15.5 Å². The van der Waals surface area contributed by atoms with Crippen molar-refractivity contribution >= 4 is 5.91 Å². The number of carbonyl (C=O) groups excluding carboxylic acids is 1. The smallest absolute Gasteiger partial charge is 0.234 e. The molecule has 0 saturated carbocycles. The van der Waals surface area contributed by atoms with Crippen molar-refractivity contribution in [3.05, 3.63) is 0 Å². The summed E-state index contributed by atoms with van der Waals surface area (Å²) in [7, 11) is 0. The van der Waals surface area contributed by atoms with E-state index in [0.29, 0.717) is 12.6 Å². The van der Waals surface area contributed by atoms with Crippen LogP contribution in [0.4, 0.5) is 0 Å². The van der Waals surface area contributed by atoms with Crippen molar-refractivity contribution in [1.29, 1.82) is 0 Å². The normalized spacial score (nSPS) is 19.2. The van der Waals surface area contributed by atoms with Gasteiger partial charge < -0.3 is 10.6 Å². The number of hydrogen-bond acceptors (Lipinski definition) is 3. The third-order valence-electron chi connectivity index (χ3n) is 3.63. The maximum atomic E-state index is 12.0. The lowest BCUT2D eigenvalue weighted by atomic mass is 10.0. The first-order valence-corrected chi connectivity index (χ1v) is 7.80. The molecule has 0 aromatic carbocycles. The summed E-state index contributed by atoms with van der Waals surface area (Å²) in [6, 6.07) is 0.302. The van der Waals surface area contributed by atoms with E-state index in [1.165, 1.54) is 12.8 Å². The van der Waals surface area contributed by atoms with Gasteiger partial charge in [-0.1, -0.05) is 26.7 Å². The Bertz CT molecular complexity index is 248. The molecule has 0 radical (unpaired) electrons. The van der Waals surface area contributed by atoms with E-state index in [1.54, 1.807) is 0 Å². The fraction of sp³-hybridized carbons (Fsp3) is 0.933. The highest BCUT2D eigenvalue weighted by Gasteiger charge is 2.14.